The normalized spacial score (nSPS) is 21.7. The highest BCUT2D eigenvalue weighted by Gasteiger charge is 2.47. The second-order valence-corrected chi connectivity index (χ2v) is 9.98. The molecule has 138 valence electrons. The van der Waals surface area contributed by atoms with E-state index < -0.39 is 21.0 Å². The average molecular weight is 372 g/mol. The maximum Gasteiger partial charge on any atom is 0.183 e. The molecule has 0 bridgehead atoms. The van der Waals surface area contributed by atoms with Crippen molar-refractivity contribution >= 4 is 15.6 Å². The van der Waals surface area contributed by atoms with Crippen molar-refractivity contribution < 1.29 is 13.2 Å². The highest BCUT2D eigenvalue weighted by Crippen LogP contribution is 2.34. The van der Waals surface area contributed by atoms with Crippen LogP contribution in [0.5, 0.6) is 0 Å². The molecule has 0 N–H and O–H groups in total. The molecule has 0 aromatic heterocycles. The first-order chi connectivity index (χ1) is 12.2. The molecule has 0 amide bonds. The lowest BCUT2D eigenvalue weighted by Crippen LogP contribution is -2.40. The van der Waals surface area contributed by atoms with Crippen LogP contribution < -0.4 is 0 Å². The molecule has 4 nitrogen and oxygen atoms in total. The van der Waals surface area contributed by atoms with Crippen LogP contribution in [0.15, 0.2) is 65.6 Å². The number of nitrogens with zero attached hydrogens (tertiary/aromatic N) is 1. The van der Waals surface area contributed by atoms with Crippen LogP contribution in [-0.4, -0.2) is 43.0 Å². The van der Waals surface area contributed by atoms with Crippen LogP contribution in [0, 0.1) is 5.92 Å². The summed E-state index contributed by atoms with van der Waals surface area (Å²) in [7, 11) is -3.60. The van der Waals surface area contributed by atoms with Gasteiger partial charge in [-0.25, -0.2) is 8.42 Å². The zero-order valence-corrected chi connectivity index (χ0v) is 16.2. The first-order valence-corrected chi connectivity index (χ1v) is 10.4. The molecule has 2 atom stereocenters. The quantitative estimate of drug-likeness (QED) is 0.773. The van der Waals surface area contributed by atoms with Gasteiger partial charge in [-0.05, 0) is 32.9 Å². The van der Waals surface area contributed by atoms with Gasteiger partial charge in [-0.2, -0.15) is 0 Å². The Balaban J connectivity index is 2.01. The molecule has 3 rings (SSSR count). The number of benzene rings is 2. The first kappa shape index (κ1) is 18.8. The van der Waals surface area contributed by atoms with E-state index in [4.69, 9.17) is 0 Å². The van der Waals surface area contributed by atoms with Crippen molar-refractivity contribution in [2.24, 2.45) is 5.92 Å². The number of carbonyl (C=O) groups is 1. The number of Topliss-reactive ketones (excluding diaryl/α,β-unsaturated/α-hetero) is 1. The van der Waals surface area contributed by atoms with Crippen LogP contribution >= 0.6 is 0 Å². The van der Waals surface area contributed by atoms with E-state index in [1.54, 1.807) is 42.5 Å². The maximum absolute atomic E-state index is 13.3. The Morgan fingerprint density at radius 1 is 0.923 bits per heavy atom. The molecule has 26 heavy (non-hydrogen) atoms. The van der Waals surface area contributed by atoms with Crippen molar-refractivity contribution in [3.05, 3.63) is 66.2 Å². The zero-order chi connectivity index (χ0) is 18.9. The summed E-state index contributed by atoms with van der Waals surface area (Å²) in [4.78, 5) is 15.5. The smallest absolute Gasteiger partial charge is 0.183 e. The van der Waals surface area contributed by atoms with Gasteiger partial charge in [0.25, 0.3) is 0 Å². The molecule has 0 spiro atoms. The standard InChI is InChI=1S/C21H25NO3S/c1-21(2,3)22-14-18(20(23)16-10-6-4-7-11-16)19(15-22)26(24,25)17-12-8-5-9-13-17/h4-13,18-19H,14-15H2,1-3H3/t18-,19-/m1/s1. The largest absolute Gasteiger partial charge is 0.296 e. The number of carbonyl (C=O) groups excluding carboxylic acids is 1. The van der Waals surface area contributed by atoms with E-state index in [0.29, 0.717) is 18.7 Å². The highest BCUT2D eigenvalue weighted by molar-refractivity contribution is 7.92. The minimum absolute atomic E-state index is 0.0955. The van der Waals surface area contributed by atoms with E-state index in [1.165, 1.54) is 0 Å². The van der Waals surface area contributed by atoms with Crippen molar-refractivity contribution in [3.8, 4) is 0 Å². The summed E-state index contributed by atoms with van der Waals surface area (Å²) in [5.41, 5.74) is 0.373. The van der Waals surface area contributed by atoms with E-state index in [2.05, 4.69) is 25.7 Å². The van der Waals surface area contributed by atoms with Crippen LogP contribution in [0.25, 0.3) is 0 Å². The van der Waals surface area contributed by atoms with Gasteiger partial charge in [0.05, 0.1) is 16.1 Å². The average Bonchev–Trinajstić information content (AvgIpc) is 3.09. The van der Waals surface area contributed by atoms with Gasteiger partial charge in [0.1, 0.15) is 0 Å². The lowest BCUT2D eigenvalue weighted by molar-refractivity contribution is 0.0908. The van der Waals surface area contributed by atoms with Crippen LogP contribution in [0.1, 0.15) is 31.1 Å². The van der Waals surface area contributed by atoms with Gasteiger partial charge in [0, 0.05) is 24.2 Å². The number of rotatable bonds is 4. The van der Waals surface area contributed by atoms with Crippen molar-refractivity contribution in [1.29, 1.82) is 0 Å². The molecule has 1 aliphatic heterocycles. The molecule has 5 heteroatoms. The summed E-state index contributed by atoms with van der Waals surface area (Å²) in [6.07, 6.45) is 0. The zero-order valence-electron chi connectivity index (χ0n) is 15.4. The van der Waals surface area contributed by atoms with Gasteiger partial charge in [-0.1, -0.05) is 48.5 Å². The molecule has 1 heterocycles. The van der Waals surface area contributed by atoms with E-state index in [1.807, 2.05) is 18.2 Å². The number of likely N-dealkylation sites (tertiary alicyclic amines) is 1. The number of hydrogen-bond donors (Lipinski definition) is 0. The summed E-state index contributed by atoms with van der Waals surface area (Å²) in [6.45, 7) is 6.97. The van der Waals surface area contributed by atoms with Crippen molar-refractivity contribution in [1.82, 2.24) is 4.90 Å². The Hall–Kier alpha value is -1.98. The molecular weight excluding hydrogens is 346 g/mol. The lowest BCUT2D eigenvalue weighted by Gasteiger charge is -2.31. The van der Waals surface area contributed by atoms with Crippen molar-refractivity contribution in [2.75, 3.05) is 13.1 Å². The number of ketones is 1. The third kappa shape index (κ3) is 3.60. The van der Waals surface area contributed by atoms with Crippen molar-refractivity contribution in [2.45, 2.75) is 36.5 Å². The number of hydrogen-bond acceptors (Lipinski definition) is 4. The highest BCUT2D eigenvalue weighted by atomic mass is 32.2. The summed E-state index contributed by atoms with van der Waals surface area (Å²) in [5.74, 6) is -0.663. The molecule has 0 saturated carbocycles. The predicted octanol–water partition coefficient (Wildman–Crippen LogP) is 3.44. The van der Waals surface area contributed by atoms with E-state index in [-0.39, 0.29) is 16.2 Å². The van der Waals surface area contributed by atoms with E-state index in [0.717, 1.165) is 0 Å². The van der Waals surface area contributed by atoms with Gasteiger partial charge in [-0.15, -0.1) is 0 Å². The first-order valence-electron chi connectivity index (χ1n) is 8.84. The molecule has 2 aromatic carbocycles. The summed E-state index contributed by atoms with van der Waals surface area (Å²) in [5, 5.41) is -0.739. The van der Waals surface area contributed by atoms with Crippen LogP contribution in [0.3, 0.4) is 0 Å². The minimum atomic E-state index is -3.60. The Morgan fingerprint density at radius 2 is 1.46 bits per heavy atom. The van der Waals surface area contributed by atoms with Gasteiger partial charge < -0.3 is 0 Å². The molecule has 2 aromatic rings. The molecule has 0 unspecified atom stereocenters. The lowest BCUT2D eigenvalue weighted by atomic mass is 9.96. The SMILES string of the molecule is CC(C)(C)N1C[C@@H](S(=O)(=O)c2ccccc2)[C@H](C(=O)c2ccccc2)C1. The fourth-order valence-electron chi connectivity index (χ4n) is 3.49. The van der Waals surface area contributed by atoms with E-state index in [9.17, 15) is 13.2 Å². The molecule has 1 saturated heterocycles. The van der Waals surface area contributed by atoms with Gasteiger partial charge in [0.2, 0.25) is 0 Å². The Bertz CT molecular complexity index is 870. The van der Waals surface area contributed by atoms with Gasteiger partial charge in [0.15, 0.2) is 15.6 Å². The Kier molecular flexibility index (Phi) is 5.04. The summed E-state index contributed by atoms with van der Waals surface area (Å²) >= 11 is 0. The minimum Gasteiger partial charge on any atom is -0.296 e. The predicted molar refractivity (Wildman–Crippen MR) is 103 cm³/mol. The van der Waals surface area contributed by atoms with Gasteiger partial charge in [-0.3, -0.25) is 9.69 Å². The third-order valence-corrected chi connectivity index (χ3v) is 7.28. The molecule has 1 aliphatic rings. The fraction of sp³-hybridized carbons (Fsp3) is 0.381. The summed E-state index contributed by atoms with van der Waals surface area (Å²) in [6, 6.07) is 17.4. The fourth-order valence-corrected chi connectivity index (χ4v) is 5.39. The Morgan fingerprint density at radius 3 is 2.00 bits per heavy atom. The Labute approximate surface area is 155 Å². The second-order valence-electron chi connectivity index (χ2n) is 7.81. The molecular formula is C21H25NO3S. The van der Waals surface area contributed by atoms with E-state index >= 15 is 0 Å². The monoisotopic (exact) mass is 371 g/mol. The molecule has 1 fully saturated rings. The summed E-state index contributed by atoms with van der Waals surface area (Å²) < 4.78 is 26.5. The molecule has 0 radical (unpaired) electrons. The molecule has 0 aliphatic carbocycles. The third-order valence-electron chi connectivity index (χ3n) is 5.08. The topological polar surface area (TPSA) is 54.5 Å². The maximum atomic E-state index is 13.3. The van der Waals surface area contributed by atoms with Gasteiger partial charge >= 0.3 is 0 Å². The van der Waals surface area contributed by atoms with Crippen LogP contribution in [0.4, 0.5) is 0 Å². The van der Waals surface area contributed by atoms with Crippen LogP contribution in [0.2, 0.25) is 0 Å². The van der Waals surface area contributed by atoms with Crippen LogP contribution in [-0.2, 0) is 9.84 Å². The van der Waals surface area contributed by atoms with Crippen molar-refractivity contribution in [3.63, 3.8) is 0 Å². The second kappa shape index (κ2) is 6.97. The number of sulfone groups is 1.